The molecule has 1 aromatic rings. The molecule has 0 saturated heterocycles. The van der Waals surface area contributed by atoms with Crippen LogP contribution in [0.15, 0.2) is 18.3 Å². The van der Waals surface area contributed by atoms with Gasteiger partial charge in [0.2, 0.25) is 0 Å². The van der Waals surface area contributed by atoms with Crippen molar-refractivity contribution in [3.8, 4) is 0 Å². The van der Waals surface area contributed by atoms with Gasteiger partial charge in [-0.05, 0) is 24.1 Å². The molecule has 1 aromatic heterocycles. The number of hydrogen-bond donors (Lipinski definition) is 1. The molecule has 13 heavy (non-hydrogen) atoms. The van der Waals surface area contributed by atoms with Crippen molar-refractivity contribution in [2.24, 2.45) is 5.73 Å². The topological polar surface area (TPSA) is 38.9 Å². The summed E-state index contributed by atoms with van der Waals surface area (Å²) in [7, 11) is 0. The number of unbranched alkanes of at least 4 members (excludes halogenated alkanes) is 1. The van der Waals surface area contributed by atoms with E-state index in [1.54, 1.807) is 6.20 Å². The van der Waals surface area contributed by atoms with Gasteiger partial charge in [-0.1, -0.05) is 31.4 Å². The summed E-state index contributed by atoms with van der Waals surface area (Å²) in [5.41, 5.74) is 7.04. The van der Waals surface area contributed by atoms with Crippen LogP contribution in [-0.4, -0.2) is 4.98 Å². The van der Waals surface area contributed by atoms with Crippen molar-refractivity contribution in [3.05, 3.63) is 29.0 Å². The molecule has 0 saturated carbocycles. The molecule has 0 aromatic carbocycles. The van der Waals surface area contributed by atoms with E-state index in [9.17, 15) is 0 Å². The summed E-state index contributed by atoms with van der Waals surface area (Å²) < 4.78 is 0. The molecule has 0 aliphatic rings. The summed E-state index contributed by atoms with van der Waals surface area (Å²) in [5, 5.41) is 0.518. The number of nitrogens with two attached hydrogens (primary N) is 1. The lowest BCUT2D eigenvalue weighted by molar-refractivity contribution is 0.603. The van der Waals surface area contributed by atoms with Gasteiger partial charge in [0.1, 0.15) is 5.15 Å². The van der Waals surface area contributed by atoms with Crippen LogP contribution in [-0.2, 0) is 0 Å². The number of nitrogens with zero attached hydrogens (tertiary/aromatic N) is 1. The maximum absolute atomic E-state index is 5.96. The number of halogens is 1. The second-order valence-corrected chi connectivity index (χ2v) is 3.55. The fraction of sp³-hybridized carbons (Fsp3) is 0.500. The summed E-state index contributed by atoms with van der Waals surface area (Å²) in [6.07, 6.45) is 5.04. The van der Waals surface area contributed by atoms with Crippen molar-refractivity contribution in [2.45, 2.75) is 32.2 Å². The largest absolute Gasteiger partial charge is 0.324 e. The van der Waals surface area contributed by atoms with Gasteiger partial charge < -0.3 is 5.73 Å². The zero-order valence-corrected chi connectivity index (χ0v) is 8.59. The summed E-state index contributed by atoms with van der Waals surface area (Å²) in [6, 6.07) is 3.86. The number of pyridine rings is 1. The molecule has 0 fully saturated rings. The second kappa shape index (κ2) is 5.20. The molecule has 0 aliphatic heterocycles. The standard InChI is InChI=1S/C10H15ClN2/c1-2-3-4-9(12)8-5-6-13-10(11)7-8/h5-7,9H,2-4,12H2,1H3. The minimum absolute atomic E-state index is 0.0976. The van der Waals surface area contributed by atoms with Crippen LogP contribution in [0.25, 0.3) is 0 Å². The van der Waals surface area contributed by atoms with E-state index >= 15 is 0 Å². The molecule has 2 N–H and O–H groups in total. The first-order chi connectivity index (χ1) is 6.24. The molecule has 72 valence electrons. The molecule has 2 nitrogen and oxygen atoms in total. The molecule has 1 atom stereocenters. The van der Waals surface area contributed by atoms with Crippen LogP contribution in [0.2, 0.25) is 5.15 Å². The summed E-state index contributed by atoms with van der Waals surface area (Å²) in [5.74, 6) is 0. The minimum atomic E-state index is 0.0976. The average molecular weight is 199 g/mol. The maximum atomic E-state index is 5.96. The highest BCUT2D eigenvalue weighted by Gasteiger charge is 2.05. The number of aromatic nitrogens is 1. The molecule has 1 heterocycles. The van der Waals surface area contributed by atoms with Crippen LogP contribution in [0.3, 0.4) is 0 Å². The molecule has 3 heteroatoms. The highest BCUT2D eigenvalue weighted by Crippen LogP contribution is 2.18. The van der Waals surface area contributed by atoms with Crippen molar-refractivity contribution in [1.29, 1.82) is 0 Å². The van der Waals surface area contributed by atoms with E-state index in [2.05, 4.69) is 11.9 Å². The Morgan fingerprint density at radius 3 is 3.00 bits per heavy atom. The minimum Gasteiger partial charge on any atom is -0.324 e. The Balaban J connectivity index is 2.60. The van der Waals surface area contributed by atoms with Gasteiger partial charge in [0.15, 0.2) is 0 Å². The first kappa shape index (κ1) is 10.5. The van der Waals surface area contributed by atoms with E-state index in [0.717, 1.165) is 18.4 Å². The molecule has 0 spiro atoms. The SMILES string of the molecule is CCCCC(N)c1ccnc(Cl)c1. The highest BCUT2D eigenvalue weighted by atomic mass is 35.5. The zero-order valence-electron chi connectivity index (χ0n) is 7.83. The Bertz CT molecular complexity index is 263. The van der Waals surface area contributed by atoms with Gasteiger partial charge in [-0.2, -0.15) is 0 Å². The van der Waals surface area contributed by atoms with Crippen LogP contribution in [0.4, 0.5) is 0 Å². The Hall–Kier alpha value is -0.600. The van der Waals surface area contributed by atoms with Crippen LogP contribution >= 0.6 is 11.6 Å². The van der Waals surface area contributed by atoms with Gasteiger partial charge >= 0.3 is 0 Å². The maximum Gasteiger partial charge on any atom is 0.129 e. The quantitative estimate of drug-likeness (QED) is 0.756. The van der Waals surface area contributed by atoms with Gasteiger partial charge in [0.05, 0.1) is 0 Å². The van der Waals surface area contributed by atoms with Gasteiger partial charge in [0, 0.05) is 12.2 Å². The fourth-order valence-corrected chi connectivity index (χ4v) is 1.42. The Morgan fingerprint density at radius 1 is 1.62 bits per heavy atom. The van der Waals surface area contributed by atoms with E-state index in [1.165, 1.54) is 6.42 Å². The Labute approximate surface area is 84.1 Å². The molecule has 1 unspecified atom stereocenters. The van der Waals surface area contributed by atoms with E-state index < -0.39 is 0 Å². The molecule has 0 aliphatic carbocycles. The smallest absolute Gasteiger partial charge is 0.129 e. The molecular formula is C10H15ClN2. The summed E-state index contributed by atoms with van der Waals surface area (Å²) >= 11 is 5.76. The lowest BCUT2D eigenvalue weighted by Crippen LogP contribution is -2.09. The third-order valence-corrected chi connectivity index (χ3v) is 2.25. The summed E-state index contributed by atoms with van der Waals surface area (Å²) in [6.45, 7) is 2.16. The van der Waals surface area contributed by atoms with Crippen molar-refractivity contribution < 1.29 is 0 Å². The zero-order chi connectivity index (χ0) is 9.68. The second-order valence-electron chi connectivity index (χ2n) is 3.16. The predicted molar refractivity (Wildman–Crippen MR) is 55.7 cm³/mol. The highest BCUT2D eigenvalue weighted by molar-refractivity contribution is 6.29. The van der Waals surface area contributed by atoms with Gasteiger partial charge in [-0.15, -0.1) is 0 Å². The molecular weight excluding hydrogens is 184 g/mol. The third kappa shape index (κ3) is 3.33. The fourth-order valence-electron chi connectivity index (χ4n) is 1.24. The van der Waals surface area contributed by atoms with E-state index in [-0.39, 0.29) is 6.04 Å². The predicted octanol–water partition coefficient (Wildman–Crippen LogP) is 2.93. The number of hydrogen-bond acceptors (Lipinski definition) is 2. The molecule has 1 rings (SSSR count). The average Bonchev–Trinajstić information content (AvgIpc) is 2.14. The Morgan fingerprint density at radius 2 is 2.38 bits per heavy atom. The van der Waals surface area contributed by atoms with Crippen molar-refractivity contribution in [2.75, 3.05) is 0 Å². The Kier molecular flexibility index (Phi) is 4.19. The normalized spacial score (nSPS) is 12.8. The third-order valence-electron chi connectivity index (χ3n) is 2.05. The number of rotatable bonds is 4. The molecule has 0 radical (unpaired) electrons. The molecule has 0 amide bonds. The van der Waals surface area contributed by atoms with Crippen LogP contribution in [0.5, 0.6) is 0 Å². The van der Waals surface area contributed by atoms with E-state index in [4.69, 9.17) is 17.3 Å². The first-order valence-corrected chi connectivity index (χ1v) is 4.99. The van der Waals surface area contributed by atoms with Crippen LogP contribution in [0, 0.1) is 0 Å². The van der Waals surface area contributed by atoms with Crippen molar-refractivity contribution >= 4 is 11.6 Å². The van der Waals surface area contributed by atoms with Gasteiger partial charge in [0.25, 0.3) is 0 Å². The summed E-state index contributed by atoms with van der Waals surface area (Å²) in [4.78, 5) is 3.91. The monoisotopic (exact) mass is 198 g/mol. The van der Waals surface area contributed by atoms with Crippen LogP contribution < -0.4 is 5.73 Å². The van der Waals surface area contributed by atoms with E-state index in [1.807, 2.05) is 12.1 Å². The van der Waals surface area contributed by atoms with Gasteiger partial charge in [-0.3, -0.25) is 0 Å². The van der Waals surface area contributed by atoms with Crippen LogP contribution in [0.1, 0.15) is 37.8 Å². The molecule has 0 bridgehead atoms. The van der Waals surface area contributed by atoms with Crippen molar-refractivity contribution in [3.63, 3.8) is 0 Å². The van der Waals surface area contributed by atoms with Crippen molar-refractivity contribution in [1.82, 2.24) is 4.98 Å². The first-order valence-electron chi connectivity index (χ1n) is 4.61. The van der Waals surface area contributed by atoms with Gasteiger partial charge in [-0.25, -0.2) is 4.98 Å². The lowest BCUT2D eigenvalue weighted by Gasteiger charge is -2.10. The van der Waals surface area contributed by atoms with E-state index in [0.29, 0.717) is 5.15 Å². The lowest BCUT2D eigenvalue weighted by atomic mass is 10.0.